The van der Waals surface area contributed by atoms with Gasteiger partial charge in [-0.1, -0.05) is 129 Å². The normalized spacial score (nSPS) is 19.2. The first-order valence-corrected chi connectivity index (χ1v) is 13.2. The zero-order chi connectivity index (χ0) is 26.9. The lowest BCUT2D eigenvalue weighted by Crippen LogP contribution is -2.04. The molecule has 6 N–H and O–H groups in total. The Labute approximate surface area is 227 Å². The molecule has 1 spiro atoms. The van der Waals surface area contributed by atoms with E-state index in [0.717, 1.165) is 18.4 Å². The van der Waals surface area contributed by atoms with Crippen molar-refractivity contribution in [2.45, 2.75) is 24.5 Å². The highest BCUT2D eigenvalue weighted by Gasteiger charge is 2.49. The molecule has 0 saturated carbocycles. The van der Waals surface area contributed by atoms with Crippen LogP contribution in [0.4, 0.5) is 0 Å². The fourth-order valence-corrected chi connectivity index (χ4v) is 5.11. The van der Waals surface area contributed by atoms with Crippen LogP contribution in [0.5, 0.6) is 0 Å². The van der Waals surface area contributed by atoms with Crippen LogP contribution >= 0.6 is 11.8 Å². The second-order valence-corrected chi connectivity index (χ2v) is 9.59. The van der Waals surface area contributed by atoms with Crippen LogP contribution in [0, 0.1) is 0 Å². The average Bonchev–Trinajstić information content (AvgIpc) is 3.65. The lowest BCUT2D eigenvalue weighted by Gasteiger charge is -2.09. The molecule has 1 atom stereocenters. The maximum Gasteiger partial charge on any atom is 0.0735 e. The number of hydrazine groups is 1. The summed E-state index contributed by atoms with van der Waals surface area (Å²) in [6, 6.07) is 18.9. The van der Waals surface area contributed by atoms with Crippen LogP contribution in [0.25, 0.3) is 17.2 Å². The summed E-state index contributed by atoms with van der Waals surface area (Å²) in [5, 5.41) is 0. The predicted molar refractivity (Wildman–Crippen MR) is 167 cm³/mol. The van der Waals surface area contributed by atoms with E-state index in [2.05, 4.69) is 122 Å². The van der Waals surface area contributed by atoms with Crippen molar-refractivity contribution >= 4 is 29.0 Å². The maximum absolute atomic E-state index is 5.48. The molecule has 4 heteroatoms. The minimum absolute atomic E-state index is 0.180. The Morgan fingerprint density at radius 1 is 1.00 bits per heavy atom. The number of rotatable bonds is 8. The zero-order valence-electron chi connectivity index (χ0n) is 21.7. The average molecular weight is 510 g/mol. The van der Waals surface area contributed by atoms with E-state index in [0.29, 0.717) is 6.54 Å². The van der Waals surface area contributed by atoms with E-state index in [4.69, 9.17) is 5.73 Å². The molecule has 2 aliphatic rings. The minimum atomic E-state index is 0.180. The molecule has 0 amide bonds. The molecule has 0 aromatic heterocycles. The number of hydrogen-bond donors (Lipinski definition) is 3. The second-order valence-electron chi connectivity index (χ2n) is 8.25. The summed E-state index contributed by atoms with van der Waals surface area (Å²) in [5.74, 6) is 8.00. The van der Waals surface area contributed by atoms with Gasteiger partial charge in [0.2, 0.25) is 0 Å². The van der Waals surface area contributed by atoms with Gasteiger partial charge in [-0.05, 0) is 60.2 Å². The molecular weight excluding hydrogens is 470 g/mol. The van der Waals surface area contributed by atoms with E-state index in [9.17, 15) is 0 Å². The van der Waals surface area contributed by atoms with Crippen molar-refractivity contribution in [2.24, 2.45) is 17.4 Å². The molecule has 1 aliphatic carbocycles. The number of hydrogen-bond acceptors (Lipinski definition) is 4. The molecule has 1 aliphatic heterocycles. The number of allylic oxidation sites excluding steroid dienone is 10. The van der Waals surface area contributed by atoms with Crippen LogP contribution in [-0.2, 0) is 0 Å². The molecule has 1 heterocycles. The van der Waals surface area contributed by atoms with Crippen molar-refractivity contribution < 1.29 is 0 Å². The molecule has 192 valence electrons. The maximum atomic E-state index is 5.48. The van der Waals surface area contributed by atoms with E-state index >= 15 is 0 Å². The third kappa shape index (κ3) is 8.88. The molecule has 1 saturated heterocycles. The molecular formula is C33H39N3S. The van der Waals surface area contributed by atoms with E-state index in [1.54, 1.807) is 0 Å². The van der Waals surface area contributed by atoms with Crippen molar-refractivity contribution in [3.05, 3.63) is 150 Å². The molecule has 0 bridgehead atoms. The summed E-state index contributed by atoms with van der Waals surface area (Å²) < 4.78 is 0.180. The third-order valence-electron chi connectivity index (χ3n) is 5.72. The number of thioether (sulfide) groups is 1. The highest BCUT2D eigenvalue weighted by Crippen LogP contribution is 2.65. The van der Waals surface area contributed by atoms with Gasteiger partial charge < -0.3 is 5.73 Å². The molecule has 2 aromatic carbocycles. The summed E-state index contributed by atoms with van der Waals surface area (Å²) in [6.45, 7) is 10.4. The van der Waals surface area contributed by atoms with Gasteiger partial charge >= 0.3 is 0 Å². The van der Waals surface area contributed by atoms with Crippen LogP contribution in [-0.4, -0.2) is 11.3 Å². The fourth-order valence-electron chi connectivity index (χ4n) is 3.92. The van der Waals surface area contributed by atoms with E-state index in [1.165, 1.54) is 27.2 Å². The highest BCUT2D eigenvalue weighted by molar-refractivity contribution is 8.13. The molecule has 1 fully saturated rings. The van der Waals surface area contributed by atoms with Crippen molar-refractivity contribution in [1.82, 2.24) is 0 Å². The Kier molecular flexibility index (Phi) is 13.2. The van der Waals surface area contributed by atoms with Gasteiger partial charge in [0.05, 0.1) is 4.75 Å². The van der Waals surface area contributed by atoms with E-state index in [1.807, 2.05) is 43.0 Å². The predicted octanol–water partition coefficient (Wildman–Crippen LogP) is 7.60. The first kappa shape index (κ1) is 29.8. The lowest BCUT2D eigenvalue weighted by molar-refractivity contribution is 0.932. The van der Waals surface area contributed by atoms with Gasteiger partial charge in [-0.15, -0.1) is 11.8 Å². The van der Waals surface area contributed by atoms with Crippen LogP contribution < -0.4 is 17.4 Å². The fraction of sp³-hybridized carbons (Fsp3) is 0.152. The Morgan fingerprint density at radius 2 is 1.76 bits per heavy atom. The van der Waals surface area contributed by atoms with Gasteiger partial charge in [-0.2, -0.15) is 0 Å². The molecule has 2 aromatic rings. The summed E-state index contributed by atoms with van der Waals surface area (Å²) in [6.07, 6.45) is 25.1. The standard InChI is InChI=1S/C20H18S.C13H17N.H4N2/c1-3-5-12-18(17-11-9-10-16(4-2)15-17)19-20(21-19)13-7-6-8-14-20;1-2-7-12(10-6-11-14)13-8-4-3-5-9-13;1-2/h3-13,15H,1-2,14H2;2-5,7-10H,6,11,14H2,1H3;1-2H2/b12-5-,19-18+;7-2-,12-10+;. The molecule has 3 nitrogen and oxygen atoms in total. The van der Waals surface area contributed by atoms with Crippen LogP contribution in [0.1, 0.15) is 36.5 Å². The zero-order valence-corrected chi connectivity index (χ0v) is 22.5. The van der Waals surface area contributed by atoms with Gasteiger partial charge in [0.1, 0.15) is 0 Å². The van der Waals surface area contributed by atoms with Crippen molar-refractivity contribution in [3.63, 3.8) is 0 Å². The molecule has 0 radical (unpaired) electrons. The summed E-state index contributed by atoms with van der Waals surface area (Å²) in [7, 11) is 0. The third-order valence-corrected chi connectivity index (χ3v) is 7.18. The van der Waals surface area contributed by atoms with E-state index < -0.39 is 0 Å². The largest absolute Gasteiger partial charge is 0.330 e. The molecule has 1 unspecified atom stereocenters. The lowest BCUT2D eigenvalue weighted by atomic mass is 9.94. The van der Waals surface area contributed by atoms with Crippen LogP contribution in [0.15, 0.2) is 133 Å². The first-order valence-electron chi connectivity index (χ1n) is 12.4. The number of benzene rings is 2. The topological polar surface area (TPSA) is 78.1 Å². The van der Waals surface area contributed by atoms with Crippen LogP contribution in [0.3, 0.4) is 0 Å². The molecule has 4 rings (SSSR count). The van der Waals surface area contributed by atoms with Crippen LogP contribution in [0.2, 0.25) is 0 Å². The SMILES string of the molecule is C/C=C\C(=C/CCN)c1ccccc1.C=C/C=C\C(=C1/SC12C=CC=CC2)c1cccc(C=C)c1.NN. The first-order chi connectivity index (χ1) is 18.2. The van der Waals surface area contributed by atoms with Gasteiger partial charge in [0.15, 0.2) is 0 Å². The quantitative estimate of drug-likeness (QED) is 0.148. The van der Waals surface area contributed by atoms with Crippen molar-refractivity contribution in [2.75, 3.05) is 6.54 Å². The van der Waals surface area contributed by atoms with Crippen molar-refractivity contribution in [1.29, 1.82) is 0 Å². The second kappa shape index (κ2) is 16.4. The molecule has 37 heavy (non-hydrogen) atoms. The highest BCUT2D eigenvalue weighted by atomic mass is 32.2. The number of nitrogens with two attached hydrogens (primary N) is 3. The monoisotopic (exact) mass is 509 g/mol. The Hall–Kier alpha value is -3.41. The minimum Gasteiger partial charge on any atom is -0.330 e. The van der Waals surface area contributed by atoms with Gasteiger partial charge in [0, 0.05) is 4.91 Å². The summed E-state index contributed by atoms with van der Waals surface area (Å²) in [5.41, 5.74) is 11.7. The van der Waals surface area contributed by atoms with Gasteiger partial charge in [-0.3, -0.25) is 11.7 Å². The van der Waals surface area contributed by atoms with Gasteiger partial charge in [0.25, 0.3) is 0 Å². The Balaban J connectivity index is 0.000000263. The summed E-state index contributed by atoms with van der Waals surface area (Å²) >= 11 is 1.96. The Morgan fingerprint density at radius 3 is 2.38 bits per heavy atom. The smallest absolute Gasteiger partial charge is 0.0735 e. The van der Waals surface area contributed by atoms with E-state index in [-0.39, 0.29) is 4.75 Å². The van der Waals surface area contributed by atoms with Crippen molar-refractivity contribution in [3.8, 4) is 0 Å². The van der Waals surface area contributed by atoms with Gasteiger partial charge in [-0.25, -0.2) is 0 Å². The summed E-state index contributed by atoms with van der Waals surface area (Å²) in [4.78, 5) is 1.45. The Bertz CT molecular complexity index is 1200.